The number of amides is 3. The summed E-state index contributed by atoms with van der Waals surface area (Å²) >= 11 is 0. The molecule has 0 aliphatic carbocycles. The lowest BCUT2D eigenvalue weighted by atomic mass is 10.0. The van der Waals surface area contributed by atoms with Crippen LogP contribution in [0.4, 0.5) is 4.79 Å². The Hall–Kier alpha value is -1.63. The maximum atomic E-state index is 12.2. The fourth-order valence-corrected chi connectivity index (χ4v) is 2.11. The minimum absolute atomic E-state index is 0.0129. The standard InChI is InChI=1S/C14H28N4O3/c1-5-11(19)10(7-6-8-17-14(15)21)18-13(20)12(16-4)9(2)3/h9-10,12,16H,5-8H2,1-4H3,(H,18,20)(H3,15,17,21)/t10?,12-/m0/s1. The average Bonchev–Trinajstić information content (AvgIpc) is 2.41. The molecule has 0 aliphatic heterocycles. The van der Waals surface area contributed by atoms with Crippen LogP contribution in [0.3, 0.4) is 0 Å². The largest absolute Gasteiger partial charge is 0.352 e. The van der Waals surface area contributed by atoms with E-state index in [1.165, 1.54) is 0 Å². The molecule has 0 aliphatic rings. The minimum Gasteiger partial charge on any atom is -0.352 e. The summed E-state index contributed by atoms with van der Waals surface area (Å²) in [5, 5.41) is 8.21. The van der Waals surface area contributed by atoms with Crippen LogP contribution in [0.5, 0.6) is 0 Å². The highest BCUT2D eigenvalue weighted by atomic mass is 16.2. The molecule has 0 bridgehead atoms. The van der Waals surface area contributed by atoms with Gasteiger partial charge in [0, 0.05) is 13.0 Å². The van der Waals surface area contributed by atoms with Crippen LogP contribution in [-0.2, 0) is 9.59 Å². The summed E-state index contributed by atoms with van der Waals surface area (Å²) in [6, 6.07) is -1.44. The van der Waals surface area contributed by atoms with Gasteiger partial charge < -0.3 is 21.7 Å². The summed E-state index contributed by atoms with van der Waals surface area (Å²) in [6.45, 7) is 6.03. The molecule has 1 unspecified atom stereocenters. The zero-order valence-corrected chi connectivity index (χ0v) is 13.4. The van der Waals surface area contributed by atoms with E-state index < -0.39 is 12.1 Å². The lowest BCUT2D eigenvalue weighted by Crippen LogP contribution is -2.51. The van der Waals surface area contributed by atoms with Gasteiger partial charge in [-0.25, -0.2) is 4.79 Å². The van der Waals surface area contributed by atoms with Gasteiger partial charge in [0.2, 0.25) is 5.91 Å². The van der Waals surface area contributed by atoms with E-state index >= 15 is 0 Å². The van der Waals surface area contributed by atoms with Gasteiger partial charge in [-0.15, -0.1) is 0 Å². The molecule has 122 valence electrons. The van der Waals surface area contributed by atoms with Crippen LogP contribution in [0.2, 0.25) is 0 Å². The highest BCUT2D eigenvalue weighted by Gasteiger charge is 2.25. The van der Waals surface area contributed by atoms with Gasteiger partial charge in [0.25, 0.3) is 0 Å². The van der Waals surface area contributed by atoms with Crippen molar-refractivity contribution >= 4 is 17.7 Å². The lowest BCUT2D eigenvalue weighted by Gasteiger charge is -2.23. The predicted octanol–water partition coefficient (Wildman–Crippen LogP) is 0.143. The molecule has 0 aromatic rings. The van der Waals surface area contributed by atoms with E-state index in [1.54, 1.807) is 14.0 Å². The summed E-state index contributed by atoms with van der Waals surface area (Å²) in [5.41, 5.74) is 4.97. The Morgan fingerprint density at radius 2 is 1.81 bits per heavy atom. The third-order valence-electron chi connectivity index (χ3n) is 3.28. The first kappa shape index (κ1) is 19.4. The summed E-state index contributed by atoms with van der Waals surface area (Å²) in [7, 11) is 1.72. The Morgan fingerprint density at radius 1 is 1.19 bits per heavy atom. The zero-order valence-electron chi connectivity index (χ0n) is 13.4. The van der Waals surface area contributed by atoms with Gasteiger partial charge in [-0.05, 0) is 25.8 Å². The Balaban J connectivity index is 4.51. The summed E-state index contributed by atoms with van der Waals surface area (Å²) < 4.78 is 0. The van der Waals surface area contributed by atoms with Crippen LogP contribution in [0, 0.1) is 5.92 Å². The van der Waals surface area contributed by atoms with Crippen LogP contribution in [-0.4, -0.2) is 43.4 Å². The third kappa shape index (κ3) is 7.65. The number of carbonyl (C=O) groups excluding carboxylic acids is 3. The molecule has 0 fully saturated rings. The van der Waals surface area contributed by atoms with Crippen molar-refractivity contribution in [3.63, 3.8) is 0 Å². The molecule has 5 N–H and O–H groups in total. The number of carbonyl (C=O) groups is 3. The SMILES string of the molecule is CCC(=O)C(CCCNC(N)=O)NC(=O)[C@@H](NC)C(C)C. The number of urea groups is 1. The Bertz CT molecular complexity index is 358. The van der Waals surface area contributed by atoms with Crippen molar-refractivity contribution in [2.75, 3.05) is 13.6 Å². The van der Waals surface area contributed by atoms with E-state index in [0.717, 1.165) is 0 Å². The van der Waals surface area contributed by atoms with Gasteiger partial charge in [-0.1, -0.05) is 20.8 Å². The zero-order chi connectivity index (χ0) is 16.4. The van der Waals surface area contributed by atoms with Gasteiger partial charge >= 0.3 is 6.03 Å². The molecular weight excluding hydrogens is 272 g/mol. The first-order valence-corrected chi connectivity index (χ1v) is 7.37. The van der Waals surface area contributed by atoms with Crippen molar-refractivity contribution < 1.29 is 14.4 Å². The number of nitrogens with one attached hydrogen (secondary N) is 3. The number of ketones is 1. The van der Waals surface area contributed by atoms with E-state index in [4.69, 9.17) is 5.73 Å². The molecule has 0 heterocycles. The highest BCUT2D eigenvalue weighted by molar-refractivity contribution is 5.90. The van der Waals surface area contributed by atoms with Crippen molar-refractivity contribution in [2.24, 2.45) is 11.7 Å². The van der Waals surface area contributed by atoms with E-state index in [-0.39, 0.29) is 23.7 Å². The molecule has 2 atom stereocenters. The summed E-state index contributed by atoms with van der Waals surface area (Å²) in [5.74, 6) is -0.0629. The van der Waals surface area contributed by atoms with E-state index in [1.807, 2.05) is 13.8 Å². The fraction of sp³-hybridized carbons (Fsp3) is 0.786. The predicted molar refractivity (Wildman–Crippen MR) is 81.7 cm³/mol. The quantitative estimate of drug-likeness (QED) is 0.430. The van der Waals surface area contributed by atoms with Crippen LogP contribution >= 0.6 is 0 Å². The molecule has 0 saturated carbocycles. The van der Waals surface area contributed by atoms with Crippen molar-refractivity contribution in [1.82, 2.24) is 16.0 Å². The van der Waals surface area contributed by atoms with Crippen molar-refractivity contribution in [1.29, 1.82) is 0 Å². The highest BCUT2D eigenvalue weighted by Crippen LogP contribution is 2.05. The van der Waals surface area contributed by atoms with Crippen LogP contribution in [0.15, 0.2) is 0 Å². The van der Waals surface area contributed by atoms with Gasteiger partial charge in [0.15, 0.2) is 5.78 Å². The lowest BCUT2D eigenvalue weighted by molar-refractivity contribution is -0.129. The molecular formula is C14H28N4O3. The van der Waals surface area contributed by atoms with Crippen LogP contribution in [0.1, 0.15) is 40.0 Å². The second-order valence-electron chi connectivity index (χ2n) is 5.32. The summed E-state index contributed by atoms with van der Waals surface area (Å²) in [6.07, 6.45) is 1.42. The van der Waals surface area contributed by atoms with Crippen molar-refractivity contribution in [3.05, 3.63) is 0 Å². The monoisotopic (exact) mass is 300 g/mol. The second kappa shape index (κ2) is 10.1. The number of hydrogen-bond donors (Lipinski definition) is 4. The molecule has 0 aromatic heterocycles. The minimum atomic E-state index is -0.590. The molecule has 0 radical (unpaired) electrons. The average molecular weight is 300 g/mol. The number of nitrogens with two attached hydrogens (primary N) is 1. The fourth-order valence-electron chi connectivity index (χ4n) is 2.11. The van der Waals surface area contributed by atoms with Gasteiger partial charge in [-0.3, -0.25) is 9.59 Å². The van der Waals surface area contributed by atoms with Gasteiger partial charge in [0.05, 0.1) is 12.1 Å². The first-order valence-electron chi connectivity index (χ1n) is 7.37. The summed E-state index contributed by atoms with van der Waals surface area (Å²) in [4.78, 5) is 34.7. The second-order valence-corrected chi connectivity index (χ2v) is 5.32. The molecule has 0 aromatic carbocycles. The van der Waals surface area contributed by atoms with Crippen LogP contribution < -0.4 is 21.7 Å². The number of likely N-dealkylation sites (N-methyl/N-ethyl adjacent to an activating group) is 1. The molecule has 7 nitrogen and oxygen atoms in total. The third-order valence-corrected chi connectivity index (χ3v) is 3.28. The Morgan fingerprint density at radius 3 is 2.24 bits per heavy atom. The van der Waals surface area contributed by atoms with E-state index in [9.17, 15) is 14.4 Å². The number of rotatable bonds is 10. The van der Waals surface area contributed by atoms with E-state index in [2.05, 4.69) is 16.0 Å². The topological polar surface area (TPSA) is 113 Å². The number of hydrogen-bond acceptors (Lipinski definition) is 4. The molecule has 21 heavy (non-hydrogen) atoms. The molecule has 0 saturated heterocycles. The normalized spacial score (nSPS) is 13.6. The Labute approximate surface area is 126 Å². The number of Topliss-reactive ketones (excluding diaryl/α,β-unsaturated/α-hetero) is 1. The maximum absolute atomic E-state index is 12.2. The van der Waals surface area contributed by atoms with Gasteiger partial charge in [0.1, 0.15) is 0 Å². The van der Waals surface area contributed by atoms with Crippen molar-refractivity contribution in [2.45, 2.75) is 52.1 Å². The van der Waals surface area contributed by atoms with E-state index in [0.29, 0.717) is 25.8 Å². The van der Waals surface area contributed by atoms with Gasteiger partial charge in [-0.2, -0.15) is 0 Å². The number of primary amides is 1. The molecule has 3 amide bonds. The maximum Gasteiger partial charge on any atom is 0.312 e. The molecule has 7 heteroatoms. The Kier molecular flexibility index (Phi) is 9.36. The van der Waals surface area contributed by atoms with Crippen LogP contribution in [0.25, 0.3) is 0 Å². The molecule has 0 spiro atoms. The first-order chi connectivity index (χ1) is 9.83. The molecule has 0 rings (SSSR count). The van der Waals surface area contributed by atoms with Crippen molar-refractivity contribution in [3.8, 4) is 0 Å². The smallest absolute Gasteiger partial charge is 0.312 e.